The summed E-state index contributed by atoms with van der Waals surface area (Å²) in [6, 6.07) is 3.90. The van der Waals surface area contributed by atoms with E-state index >= 15 is 0 Å². The molecule has 4 nitrogen and oxygen atoms in total. The van der Waals surface area contributed by atoms with Crippen molar-refractivity contribution in [3.63, 3.8) is 0 Å². The molecule has 0 atom stereocenters. The summed E-state index contributed by atoms with van der Waals surface area (Å²) < 4.78 is 2.79. The zero-order valence-electron chi connectivity index (χ0n) is 10.3. The molecule has 0 fully saturated rings. The monoisotopic (exact) mass is 316 g/mol. The molecule has 19 heavy (non-hydrogen) atoms. The number of nitrogens with zero attached hydrogens (tertiary/aromatic N) is 2. The molecule has 0 amide bonds. The van der Waals surface area contributed by atoms with Crippen molar-refractivity contribution < 1.29 is 9.90 Å². The molecule has 1 N–H and O–H groups in total. The van der Waals surface area contributed by atoms with E-state index in [4.69, 9.17) is 16.7 Å². The number of carboxylic acid groups (broad SMARTS) is 1. The van der Waals surface area contributed by atoms with Gasteiger partial charge < -0.3 is 9.67 Å². The minimum Gasteiger partial charge on any atom is -0.481 e. The van der Waals surface area contributed by atoms with E-state index in [9.17, 15) is 4.79 Å². The Labute approximate surface area is 124 Å². The van der Waals surface area contributed by atoms with Gasteiger partial charge in [-0.2, -0.15) is 0 Å². The van der Waals surface area contributed by atoms with E-state index < -0.39 is 5.97 Å². The molecule has 0 aromatic carbocycles. The summed E-state index contributed by atoms with van der Waals surface area (Å²) in [5.41, 5.74) is 0.900. The fourth-order valence-corrected chi connectivity index (χ4v) is 3.49. The van der Waals surface area contributed by atoms with Crippen molar-refractivity contribution in [3.05, 3.63) is 33.2 Å². The van der Waals surface area contributed by atoms with Crippen LogP contribution in [0.1, 0.15) is 10.6 Å². The zero-order chi connectivity index (χ0) is 13.8. The van der Waals surface area contributed by atoms with Gasteiger partial charge in [-0.1, -0.05) is 23.4 Å². The van der Waals surface area contributed by atoms with Crippen molar-refractivity contribution in [3.8, 4) is 0 Å². The fourth-order valence-electron chi connectivity index (χ4n) is 1.64. The number of halogens is 1. The minimum absolute atomic E-state index is 0.0291. The number of carbonyl (C=O) groups is 1. The van der Waals surface area contributed by atoms with Crippen LogP contribution in [-0.2, 0) is 17.8 Å². The lowest BCUT2D eigenvalue weighted by Crippen LogP contribution is -2.04. The highest BCUT2D eigenvalue weighted by Crippen LogP contribution is 2.23. The number of thiophene rings is 1. The van der Waals surface area contributed by atoms with Gasteiger partial charge in [0.05, 0.1) is 15.8 Å². The molecule has 0 bridgehead atoms. The van der Waals surface area contributed by atoms with Crippen molar-refractivity contribution in [2.24, 2.45) is 0 Å². The van der Waals surface area contributed by atoms with E-state index in [1.165, 1.54) is 16.6 Å². The van der Waals surface area contributed by atoms with Gasteiger partial charge in [0.15, 0.2) is 5.16 Å². The molecule has 2 heterocycles. The third kappa shape index (κ3) is 4.26. The lowest BCUT2D eigenvalue weighted by atomic mass is 10.3. The van der Waals surface area contributed by atoms with Crippen molar-refractivity contribution in [1.82, 2.24) is 9.55 Å². The Morgan fingerprint density at radius 2 is 2.37 bits per heavy atom. The highest BCUT2D eigenvalue weighted by molar-refractivity contribution is 7.99. The summed E-state index contributed by atoms with van der Waals surface area (Å²) in [5.74, 6) is -0.802. The number of aliphatic carboxylic acids is 1. The fraction of sp³-hybridized carbons (Fsp3) is 0.333. The third-order valence-electron chi connectivity index (χ3n) is 2.41. The van der Waals surface area contributed by atoms with Crippen LogP contribution in [0.5, 0.6) is 0 Å². The smallest absolute Gasteiger partial charge is 0.313 e. The van der Waals surface area contributed by atoms with Gasteiger partial charge >= 0.3 is 5.97 Å². The summed E-state index contributed by atoms with van der Waals surface area (Å²) in [6.45, 7) is 2.68. The maximum Gasteiger partial charge on any atom is 0.313 e. The van der Waals surface area contributed by atoms with E-state index in [0.717, 1.165) is 28.2 Å². The Morgan fingerprint density at radius 3 is 3.00 bits per heavy atom. The number of imidazole rings is 1. The Hall–Kier alpha value is -0.980. The maximum absolute atomic E-state index is 10.6. The lowest BCUT2D eigenvalue weighted by Gasteiger charge is -2.05. The van der Waals surface area contributed by atoms with Crippen LogP contribution in [0.15, 0.2) is 23.5 Å². The highest BCUT2D eigenvalue weighted by atomic mass is 35.5. The summed E-state index contributed by atoms with van der Waals surface area (Å²) in [4.78, 5) is 16.2. The quantitative estimate of drug-likeness (QED) is 0.831. The topological polar surface area (TPSA) is 55.1 Å². The van der Waals surface area contributed by atoms with Crippen LogP contribution >= 0.6 is 34.7 Å². The van der Waals surface area contributed by atoms with E-state index in [0.29, 0.717) is 0 Å². The number of aromatic nitrogens is 2. The van der Waals surface area contributed by atoms with Gasteiger partial charge in [0, 0.05) is 17.6 Å². The molecule has 0 aliphatic carbocycles. The number of hydrogen-bond donors (Lipinski definition) is 1. The molecular weight excluding hydrogens is 304 g/mol. The first-order chi connectivity index (χ1) is 9.04. The average Bonchev–Trinajstić information content (AvgIpc) is 2.90. The molecule has 0 aliphatic heterocycles. The number of aryl methyl sites for hydroxylation is 3. The summed E-state index contributed by atoms with van der Waals surface area (Å²) in [5, 5.41) is 9.46. The molecule has 102 valence electrons. The molecule has 7 heteroatoms. The first kappa shape index (κ1) is 14.4. The number of thioether (sulfide) groups is 1. The van der Waals surface area contributed by atoms with E-state index in [1.54, 1.807) is 11.3 Å². The second-order valence-electron chi connectivity index (χ2n) is 4.00. The van der Waals surface area contributed by atoms with Crippen LogP contribution in [0.4, 0.5) is 0 Å². The molecule has 0 saturated heterocycles. The molecule has 0 aliphatic rings. The zero-order valence-corrected chi connectivity index (χ0v) is 12.7. The predicted molar refractivity (Wildman–Crippen MR) is 78.4 cm³/mol. The van der Waals surface area contributed by atoms with Crippen molar-refractivity contribution >= 4 is 40.7 Å². The summed E-state index contributed by atoms with van der Waals surface area (Å²) >= 11 is 8.71. The lowest BCUT2D eigenvalue weighted by molar-refractivity contribution is -0.133. The summed E-state index contributed by atoms with van der Waals surface area (Å²) in [6.07, 6.45) is 2.81. The Balaban J connectivity index is 2.00. The predicted octanol–water partition coefficient (Wildman–Crippen LogP) is 3.33. The molecule has 0 spiro atoms. The number of carboxylic acids is 1. The van der Waals surface area contributed by atoms with Crippen LogP contribution in [0.3, 0.4) is 0 Å². The largest absolute Gasteiger partial charge is 0.481 e. The van der Waals surface area contributed by atoms with Gasteiger partial charge in [-0.05, 0) is 25.5 Å². The van der Waals surface area contributed by atoms with Gasteiger partial charge in [-0.25, -0.2) is 4.98 Å². The van der Waals surface area contributed by atoms with Gasteiger partial charge in [0.25, 0.3) is 0 Å². The maximum atomic E-state index is 10.6. The standard InChI is InChI=1S/C12H13ClN2O2S2/c1-8-6-15(12(14-8)18-7-11(16)17)5-4-9-2-3-10(13)19-9/h2-3,6H,4-5,7H2,1H3,(H,16,17). The van der Waals surface area contributed by atoms with Crippen LogP contribution < -0.4 is 0 Å². The molecule has 0 saturated carbocycles. The van der Waals surface area contributed by atoms with Gasteiger partial charge in [-0.15, -0.1) is 11.3 Å². The average molecular weight is 317 g/mol. The molecular formula is C12H13ClN2O2S2. The summed E-state index contributed by atoms with van der Waals surface area (Å²) in [7, 11) is 0. The van der Waals surface area contributed by atoms with Crippen LogP contribution in [0.2, 0.25) is 4.34 Å². The molecule has 0 unspecified atom stereocenters. The van der Waals surface area contributed by atoms with E-state index in [1.807, 2.05) is 29.8 Å². The van der Waals surface area contributed by atoms with E-state index in [-0.39, 0.29) is 5.75 Å². The first-order valence-electron chi connectivity index (χ1n) is 5.67. The Kier molecular flexibility index (Phi) is 4.90. The molecule has 2 aromatic heterocycles. The minimum atomic E-state index is -0.831. The van der Waals surface area contributed by atoms with Crippen molar-refractivity contribution in [1.29, 1.82) is 0 Å². The second-order valence-corrected chi connectivity index (χ2v) is 6.74. The van der Waals surface area contributed by atoms with Crippen molar-refractivity contribution in [2.45, 2.75) is 25.0 Å². The van der Waals surface area contributed by atoms with Crippen LogP contribution in [0.25, 0.3) is 0 Å². The normalized spacial score (nSPS) is 10.8. The first-order valence-corrected chi connectivity index (χ1v) is 7.85. The molecule has 2 rings (SSSR count). The Morgan fingerprint density at radius 1 is 1.58 bits per heavy atom. The SMILES string of the molecule is Cc1cn(CCc2ccc(Cl)s2)c(SCC(=O)O)n1. The highest BCUT2D eigenvalue weighted by Gasteiger charge is 2.09. The molecule has 2 aromatic rings. The van der Waals surface area contributed by atoms with Gasteiger partial charge in [-0.3, -0.25) is 4.79 Å². The van der Waals surface area contributed by atoms with Gasteiger partial charge in [0.1, 0.15) is 0 Å². The van der Waals surface area contributed by atoms with E-state index in [2.05, 4.69) is 4.98 Å². The van der Waals surface area contributed by atoms with Crippen LogP contribution in [-0.4, -0.2) is 26.4 Å². The number of rotatable bonds is 6. The van der Waals surface area contributed by atoms with Crippen LogP contribution in [0, 0.1) is 6.92 Å². The number of hydrogen-bond acceptors (Lipinski definition) is 4. The second kappa shape index (κ2) is 6.45. The van der Waals surface area contributed by atoms with Crippen molar-refractivity contribution in [2.75, 3.05) is 5.75 Å². The Bertz CT molecular complexity index is 580. The third-order valence-corrected chi connectivity index (χ3v) is 4.68. The van der Waals surface area contributed by atoms with Gasteiger partial charge in [0.2, 0.25) is 0 Å². The molecule has 0 radical (unpaired) electrons.